The highest BCUT2D eigenvalue weighted by Crippen LogP contribution is 2.35. The molecule has 2 rings (SSSR count). The van der Waals surface area contributed by atoms with Gasteiger partial charge in [-0.05, 0) is 11.8 Å². The van der Waals surface area contributed by atoms with E-state index in [1.165, 1.54) is 58.5 Å². The largest absolute Gasteiger partial charge is 0.120 e. The molecule has 86 valence electrons. The first-order valence-corrected chi connectivity index (χ1v) is 7.47. The highest BCUT2D eigenvalue weighted by molar-refractivity contribution is 6.36. The summed E-state index contributed by atoms with van der Waals surface area (Å²) in [5.74, 6) is 2.25. The molecule has 1 atom stereocenters. The Kier molecular flexibility index (Phi) is 5.08. The molecule has 0 bridgehead atoms. The van der Waals surface area contributed by atoms with E-state index >= 15 is 0 Å². The molecular weight excluding hydrogens is 179 g/mol. The molecule has 0 spiro atoms. The predicted octanol–water partition coefficient (Wildman–Crippen LogP) is 4.42. The van der Waals surface area contributed by atoms with Crippen LogP contribution < -0.4 is 0 Å². The molecule has 0 aromatic heterocycles. The van der Waals surface area contributed by atoms with Crippen molar-refractivity contribution in [2.45, 2.75) is 76.8 Å². The topological polar surface area (TPSA) is 0 Å². The first-order valence-electron chi connectivity index (χ1n) is 7.47. The van der Waals surface area contributed by atoms with E-state index in [4.69, 9.17) is 0 Å². The molecule has 0 aromatic rings. The molecule has 0 aromatic carbocycles. The summed E-state index contributed by atoms with van der Waals surface area (Å²) in [6, 6.07) is 0. The first-order chi connectivity index (χ1) is 7.47. The summed E-state index contributed by atoms with van der Waals surface area (Å²) in [7, 11) is 1.53. The average molecular weight is 206 g/mol. The van der Waals surface area contributed by atoms with E-state index in [1.54, 1.807) is 25.6 Å². The minimum Gasteiger partial charge on any atom is -0.0772 e. The van der Waals surface area contributed by atoms with Gasteiger partial charge in [-0.15, -0.1) is 0 Å². The molecular formula is C14H27B. The zero-order valence-corrected chi connectivity index (χ0v) is 10.3. The Morgan fingerprint density at radius 1 is 0.600 bits per heavy atom. The summed E-state index contributed by atoms with van der Waals surface area (Å²) >= 11 is 0. The Labute approximate surface area is 96.5 Å². The van der Waals surface area contributed by atoms with Crippen LogP contribution in [0.3, 0.4) is 0 Å². The Morgan fingerprint density at radius 2 is 1.20 bits per heavy atom. The predicted molar refractivity (Wildman–Crippen MR) is 69.9 cm³/mol. The minimum absolute atomic E-state index is 1.12. The molecule has 15 heavy (non-hydrogen) atoms. The average Bonchev–Trinajstić information content (AvgIpc) is 2.79. The fourth-order valence-electron chi connectivity index (χ4n) is 3.74. The normalized spacial score (nSPS) is 31.1. The van der Waals surface area contributed by atoms with Gasteiger partial charge in [0.2, 0.25) is 0 Å². The van der Waals surface area contributed by atoms with Gasteiger partial charge in [-0.3, -0.25) is 0 Å². The van der Waals surface area contributed by atoms with Crippen molar-refractivity contribution in [3.8, 4) is 0 Å². The van der Waals surface area contributed by atoms with Crippen LogP contribution in [-0.2, 0) is 0 Å². The Hall–Kier alpha value is 0.0649. The van der Waals surface area contributed by atoms with Crippen LogP contribution in [0.1, 0.15) is 64.2 Å². The molecule has 0 nitrogen and oxygen atoms in total. The van der Waals surface area contributed by atoms with Gasteiger partial charge in [0.15, 0.2) is 0 Å². The van der Waals surface area contributed by atoms with Crippen LogP contribution in [0.5, 0.6) is 0 Å². The SMILES string of the molecule is B1CCC(C2CCCCCCCCC2)C1. The van der Waals surface area contributed by atoms with Crippen molar-refractivity contribution in [1.82, 2.24) is 0 Å². The molecule has 2 aliphatic rings. The third kappa shape index (κ3) is 3.85. The first kappa shape index (κ1) is 11.5. The summed E-state index contributed by atoms with van der Waals surface area (Å²) in [4.78, 5) is 0. The van der Waals surface area contributed by atoms with E-state index in [1.807, 2.05) is 0 Å². The zero-order valence-electron chi connectivity index (χ0n) is 10.3. The second-order valence-electron chi connectivity index (χ2n) is 5.86. The van der Waals surface area contributed by atoms with Crippen molar-refractivity contribution in [2.75, 3.05) is 0 Å². The van der Waals surface area contributed by atoms with Crippen molar-refractivity contribution >= 4 is 7.28 Å². The number of hydrogen-bond acceptors (Lipinski definition) is 0. The standard InChI is InChI=1S/C14H27B/c1-2-4-6-8-13(9-7-5-3-1)14-10-11-15-12-14/h13-15H,1-12H2. The highest BCUT2D eigenvalue weighted by atomic mass is 14.3. The summed E-state index contributed by atoms with van der Waals surface area (Å²) in [6.07, 6.45) is 18.4. The van der Waals surface area contributed by atoms with Gasteiger partial charge in [0.05, 0.1) is 0 Å². The molecule has 2 fully saturated rings. The van der Waals surface area contributed by atoms with Crippen molar-refractivity contribution in [3.63, 3.8) is 0 Å². The molecule has 1 aliphatic heterocycles. The van der Waals surface area contributed by atoms with Crippen LogP contribution in [0.15, 0.2) is 0 Å². The van der Waals surface area contributed by atoms with Gasteiger partial charge in [0, 0.05) is 0 Å². The fraction of sp³-hybridized carbons (Fsp3) is 1.00. The van der Waals surface area contributed by atoms with Gasteiger partial charge in [-0.2, -0.15) is 0 Å². The van der Waals surface area contributed by atoms with Gasteiger partial charge in [-0.1, -0.05) is 76.8 Å². The van der Waals surface area contributed by atoms with Gasteiger partial charge in [0.1, 0.15) is 7.28 Å². The van der Waals surface area contributed by atoms with Crippen LogP contribution in [-0.4, -0.2) is 7.28 Å². The Bertz CT molecular complexity index is 151. The Balaban J connectivity index is 1.78. The highest BCUT2D eigenvalue weighted by Gasteiger charge is 2.24. The molecule has 1 saturated heterocycles. The van der Waals surface area contributed by atoms with Gasteiger partial charge < -0.3 is 0 Å². The lowest BCUT2D eigenvalue weighted by Crippen LogP contribution is -2.12. The van der Waals surface area contributed by atoms with Crippen LogP contribution in [0.25, 0.3) is 0 Å². The van der Waals surface area contributed by atoms with Crippen molar-refractivity contribution in [3.05, 3.63) is 0 Å². The third-order valence-corrected chi connectivity index (χ3v) is 4.72. The lowest BCUT2D eigenvalue weighted by molar-refractivity contribution is 0.291. The monoisotopic (exact) mass is 206 g/mol. The lowest BCUT2D eigenvalue weighted by Gasteiger charge is -2.24. The van der Waals surface area contributed by atoms with Crippen LogP contribution in [0.2, 0.25) is 12.6 Å². The summed E-state index contributed by atoms with van der Waals surface area (Å²) < 4.78 is 0. The fourth-order valence-corrected chi connectivity index (χ4v) is 3.74. The van der Waals surface area contributed by atoms with Crippen molar-refractivity contribution in [2.24, 2.45) is 11.8 Å². The number of rotatable bonds is 1. The van der Waals surface area contributed by atoms with E-state index in [0.29, 0.717) is 0 Å². The summed E-state index contributed by atoms with van der Waals surface area (Å²) in [5.41, 5.74) is 0. The van der Waals surface area contributed by atoms with E-state index < -0.39 is 0 Å². The zero-order chi connectivity index (χ0) is 10.3. The smallest absolute Gasteiger partial charge is 0.0772 e. The molecule has 0 radical (unpaired) electrons. The maximum atomic E-state index is 1.56. The van der Waals surface area contributed by atoms with E-state index in [-0.39, 0.29) is 0 Å². The summed E-state index contributed by atoms with van der Waals surface area (Å²) in [5, 5.41) is 0. The quantitative estimate of drug-likeness (QED) is 0.557. The van der Waals surface area contributed by atoms with Gasteiger partial charge in [0.25, 0.3) is 0 Å². The van der Waals surface area contributed by atoms with E-state index in [9.17, 15) is 0 Å². The molecule has 0 N–H and O–H groups in total. The second kappa shape index (κ2) is 6.61. The minimum atomic E-state index is 1.12. The van der Waals surface area contributed by atoms with Gasteiger partial charge in [-0.25, -0.2) is 0 Å². The molecule has 1 heteroatoms. The summed E-state index contributed by atoms with van der Waals surface area (Å²) in [6.45, 7) is 0. The molecule has 1 saturated carbocycles. The molecule has 1 heterocycles. The third-order valence-electron chi connectivity index (χ3n) is 4.72. The molecule has 0 amide bonds. The second-order valence-corrected chi connectivity index (χ2v) is 5.86. The maximum Gasteiger partial charge on any atom is 0.120 e. The maximum absolute atomic E-state index is 1.56. The van der Waals surface area contributed by atoms with E-state index in [2.05, 4.69) is 0 Å². The van der Waals surface area contributed by atoms with Crippen molar-refractivity contribution < 1.29 is 0 Å². The number of hydrogen-bond donors (Lipinski definition) is 0. The molecule has 1 unspecified atom stereocenters. The van der Waals surface area contributed by atoms with E-state index in [0.717, 1.165) is 11.8 Å². The molecule has 1 aliphatic carbocycles. The van der Waals surface area contributed by atoms with Crippen molar-refractivity contribution in [1.29, 1.82) is 0 Å². The van der Waals surface area contributed by atoms with Crippen LogP contribution in [0, 0.1) is 11.8 Å². The Morgan fingerprint density at radius 3 is 1.73 bits per heavy atom. The van der Waals surface area contributed by atoms with Crippen LogP contribution >= 0.6 is 0 Å². The van der Waals surface area contributed by atoms with Gasteiger partial charge >= 0.3 is 0 Å². The lowest BCUT2D eigenvalue weighted by atomic mass is 9.73. The van der Waals surface area contributed by atoms with Crippen LogP contribution in [0.4, 0.5) is 0 Å².